The lowest BCUT2D eigenvalue weighted by atomic mass is 9.88. The van der Waals surface area contributed by atoms with Crippen molar-refractivity contribution in [2.24, 2.45) is 0 Å². The molecule has 0 saturated heterocycles. The summed E-state index contributed by atoms with van der Waals surface area (Å²) in [5, 5.41) is 6.69. The molecule has 122 valence electrons. The third kappa shape index (κ3) is 5.15. The minimum Gasteiger partial charge on any atom is -0.444 e. The number of rotatable bonds is 5. The summed E-state index contributed by atoms with van der Waals surface area (Å²) < 4.78 is 10.9. The van der Waals surface area contributed by atoms with Crippen molar-refractivity contribution < 1.29 is 14.3 Å². The Labute approximate surface area is 128 Å². The summed E-state index contributed by atoms with van der Waals surface area (Å²) in [5.41, 5.74) is -0.440. The first-order valence-electron chi connectivity index (χ1n) is 8.24. The number of carbonyl (C=O) groups excluding carboxylic acids is 1. The first-order chi connectivity index (χ1) is 9.87. The summed E-state index contributed by atoms with van der Waals surface area (Å²) in [6, 6.07) is 1.09. The van der Waals surface area contributed by atoms with Gasteiger partial charge in [0, 0.05) is 24.7 Å². The highest BCUT2D eigenvalue weighted by molar-refractivity contribution is 5.68. The van der Waals surface area contributed by atoms with E-state index in [-0.39, 0.29) is 12.1 Å². The van der Waals surface area contributed by atoms with Crippen LogP contribution in [0.1, 0.15) is 59.8 Å². The molecule has 0 bridgehead atoms. The molecule has 0 aromatic rings. The van der Waals surface area contributed by atoms with Gasteiger partial charge in [-0.2, -0.15) is 0 Å². The minimum atomic E-state index is -0.440. The number of hydrogen-bond donors (Lipinski definition) is 2. The van der Waals surface area contributed by atoms with Gasteiger partial charge in [0.15, 0.2) is 0 Å². The summed E-state index contributed by atoms with van der Waals surface area (Å²) in [6.45, 7) is 8.50. The zero-order valence-corrected chi connectivity index (χ0v) is 13.8. The van der Waals surface area contributed by atoms with E-state index in [0.29, 0.717) is 18.2 Å². The van der Waals surface area contributed by atoms with Crippen LogP contribution in [0.25, 0.3) is 0 Å². The quantitative estimate of drug-likeness (QED) is 0.819. The molecule has 21 heavy (non-hydrogen) atoms. The Morgan fingerprint density at radius 1 is 1.19 bits per heavy atom. The van der Waals surface area contributed by atoms with Crippen molar-refractivity contribution in [3.8, 4) is 0 Å². The van der Waals surface area contributed by atoms with E-state index in [4.69, 9.17) is 9.47 Å². The van der Waals surface area contributed by atoms with Gasteiger partial charge in [-0.1, -0.05) is 0 Å². The van der Waals surface area contributed by atoms with E-state index in [0.717, 1.165) is 38.7 Å². The highest BCUT2D eigenvalue weighted by Crippen LogP contribution is 2.27. The minimum absolute atomic E-state index is 0.186. The summed E-state index contributed by atoms with van der Waals surface area (Å²) in [7, 11) is 0. The van der Waals surface area contributed by atoms with Crippen molar-refractivity contribution in [3.05, 3.63) is 0 Å². The maximum Gasteiger partial charge on any atom is 0.407 e. The summed E-state index contributed by atoms with van der Waals surface area (Å²) in [4.78, 5) is 11.9. The van der Waals surface area contributed by atoms with Gasteiger partial charge in [0.05, 0.1) is 6.10 Å². The van der Waals surface area contributed by atoms with Gasteiger partial charge in [0.25, 0.3) is 0 Å². The molecule has 2 fully saturated rings. The number of hydrogen-bond acceptors (Lipinski definition) is 4. The van der Waals surface area contributed by atoms with Crippen molar-refractivity contribution in [3.63, 3.8) is 0 Å². The SMILES string of the molecule is CCOC1CC(NC2CCCC2NC(=O)OC(C)(C)C)C1. The molecule has 0 aromatic heterocycles. The van der Waals surface area contributed by atoms with Gasteiger partial charge in [-0.15, -0.1) is 0 Å². The molecule has 0 aromatic carbocycles. The van der Waals surface area contributed by atoms with Gasteiger partial charge in [0.2, 0.25) is 0 Å². The maximum atomic E-state index is 11.9. The van der Waals surface area contributed by atoms with Crippen LogP contribution in [0.5, 0.6) is 0 Å². The van der Waals surface area contributed by atoms with Crippen molar-refractivity contribution in [2.75, 3.05) is 6.61 Å². The zero-order valence-electron chi connectivity index (χ0n) is 13.8. The van der Waals surface area contributed by atoms with Crippen LogP contribution in [0.2, 0.25) is 0 Å². The first kappa shape index (κ1) is 16.6. The molecule has 2 unspecified atom stereocenters. The monoisotopic (exact) mass is 298 g/mol. The van der Waals surface area contributed by atoms with Crippen LogP contribution in [0.4, 0.5) is 4.79 Å². The van der Waals surface area contributed by atoms with Crippen LogP contribution in [-0.4, -0.2) is 42.5 Å². The predicted octanol–water partition coefficient (Wildman–Crippen LogP) is 2.59. The molecular weight excluding hydrogens is 268 g/mol. The molecule has 0 radical (unpaired) electrons. The van der Waals surface area contributed by atoms with Gasteiger partial charge < -0.3 is 20.1 Å². The Bertz CT molecular complexity index is 348. The fourth-order valence-electron chi connectivity index (χ4n) is 3.17. The molecule has 5 heteroatoms. The molecule has 2 N–H and O–H groups in total. The number of nitrogens with one attached hydrogen (secondary N) is 2. The van der Waals surface area contributed by atoms with E-state index >= 15 is 0 Å². The molecule has 1 amide bonds. The Balaban J connectivity index is 1.72. The second kappa shape index (κ2) is 6.97. The van der Waals surface area contributed by atoms with E-state index in [1.165, 1.54) is 0 Å². The van der Waals surface area contributed by atoms with Crippen molar-refractivity contribution in [1.82, 2.24) is 10.6 Å². The van der Waals surface area contributed by atoms with Crippen molar-refractivity contribution in [2.45, 2.75) is 89.6 Å². The van der Waals surface area contributed by atoms with Crippen molar-refractivity contribution >= 4 is 6.09 Å². The standard InChI is InChI=1S/C16H30N2O3/c1-5-20-12-9-11(10-12)17-13-7-6-8-14(13)18-15(19)21-16(2,3)4/h11-14,17H,5-10H2,1-4H3,(H,18,19). The second-order valence-corrected chi connectivity index (χ2v) is 7.20. The van der Waals surface area contributed by atoms with E-state index < -0.39 is 5.60 Å². The van der Waals surface area contributed by atoms with E-state index in [2.05, 4.69) is 10.6 Å². The van der Waals surface area contributed by atoms with Gasteiger partial charge in [-0.25, -0.2) is 4.79 Å². The van der Waals surface area contributed by atoms with Gasteiger partial charge in [-0.3, -0.25) is 0 Å². The molecule has 2 aliphatic carbocycles. The predicted molar refractivity (Wildman–Crippen MR) is 82.4 cm³/mol. The lowest BCUT2D eigenvalue weighted by Crippen LogP contribution is -2.55. The molecule has 0 aliphatic heterocycles. The average molecular weight is 298 g/mol. The fraction of sp³-hybridized carbons (Fsp3) is 0.938. The number of alkyl carbamates (subject to hydrolysis) is 1. The topological polar surface area (TPSA) is 59.6 Å². The first-order valence-corrected chi connectivity index (χ1v) is 8.24. The molecule has 2 atom stereocenters. The van der Waals surface area contributed by atoms with Gasteiger partial charge >= 0.3 is 6.09 Å². The molecule has 2 aliphatic rings. The van der Waals surface area contributed by atoms with Crippen LogP contribution in [0.15, 0.2) is 0 Å². The Hall–Kier alpha value is -0.810. The van der Waals surface area contributed by atoms with Gasteiger partial charge in [0.1, 0.15) is 5.60 Å². The van der Waals surface area contributed by atoms with Crippen LogP contribution in [0.3, 0.4) is 0 Å². The van der Waals surface area contributed by atoms with E-state index in [9.17, 15) is 4.79 Å². The number of ether oxygens (including phenoxy) is 2. The molecule has 5 nitrogen and oxygen atoms in total. The third-order valence-corrected chi connectivity index (χ3v) is 4.17. The highest BCUT2D eigenvalue weighted by Gasteiger charge is 2.36. The largest absolute Gasteiger partial charge is 0.444 e. The van der Waals surface area contributed by atoms with Gasteiger partial charge in [-0.05, 0) is 59.8 Å². The molecule has 0 heterocycles. The van der Waals surface area contributed by atoms with E-state index in [1.54, 1.807) is 0 Å². The lowest BCUT2D eigenvalue weighted by Gasteiger charge is -2.38. The Morgan fingerprint density at radius 3 is 2.48 bits per heavy atom. The highest BCUT2D eigenvalue weighted by atomic mass is 16.6. The smallest absolute Gasteiger partial charge is 0.407 e. The lowest BCUT2D eigenvalue weighted by molar-refractivity contribution is -0.0131. The maximum absolute atomic E-state index is 11.9. The Morgan fingerprint density at radius 2 is 1.86 bits per heavy atom. The summed E-state index contributed by atoms with van der Waals surface area (Å²) in [6.07, 6.45) is 5.59. The second-order valence-electron chi connectivity index (χ2n) is 7.20. The molecule has 0 spiro atoms. The van der Waals surface area contributed by atoms with Crippen molar-refractivity contribution in [1.29, 1.82) is 0 Å². The average Bonchev–Trinajstić information content (AvgIpc) is 2.71. The summed E-state index contributed by atoms with van der Waals surface area (Å²) >= 11 is 0. The van der Waals surface area contributed by atoms with Crippen LogP contribution in [-0.2, 0) is 9.47 Å². The third-order valence-electron chi connectivity index (χ3n) is 4.17. The molecule has 2 rings (SSSR count). The Kier molecular flexibility index (Phi) is 5.49. The number of carbonyl (C=O) groups is 1. The van der Waals surface area contributed by atoms with E-state index in [1.807, 2.05) is 27.7 Å². The normalized spacial score (nSPS) is 32.6. The molecule has 2 saturated carbocycles. The summed E-state index contributed by atoms with van der Waals surface area (Å²) in [5.74, 6) is 0. The van der Waals surface area contributed by atoms with Crippen LogP contribution in [0, 0.1) is 0 Å². The fourth-order valence-corrected chi connectivity index (χ4v) is 3.17. The van der Waals surface area contributed by atoms with Crippen LogP contribution < -0.4 is 10.6 Å². The zero-order chi connectivity index (χ0) is 15.5. The van der Waals surface area contributed by atoms with Crippen LogP contribution >= 0.6 is 0 Å². The number of amides is 1. The molecular formula is C16H30N2O3.